The van der Waals surface area contributed by atoms with Crippen molar-refractivity contribution in [3.8, 4) is 5.75 Å². The molecule has 21 heavy (non-hydrogen) atoms. The maximum Gasteiger partial charge on any atom is 0.317 e. The van der Waals surface area contributed by atoms with Gasteiger partial charge in [-0.25, -0.2) is 4.79 Å². The Labute approximate surface area is 125 Å². The highest BCUT2D eigenvalue weighted by atomic mass is 16.5. The van der Waals surface area contributed by atoms with Crippen molar-refractivity contribution in [2.45, 2.75) is 18.3 Å². The Morgan fingerprint density at radius 3 is 2.71 bits per heavy atom. The second kappa shape index (κ2) is 5.93. The number of morpholine rings is 1. The lowest BCUT2D eigenvalue weighted by atomic mass is 9.95. The highest BCUT2D eigenvalue weighted by molar-refractivity contribution is 5.74. The normalized spacial score (nSPS) is 20.0. The molecule has 1 saturated heterocycles. The fourth-order valence-corrected chi connectivity index (χ4v) is 2.90. The van der Waals surface area contributed by atoms with E-state index in [0.29, 0.717) is 32.8 Å². The Balaban J connectivity index is 1.63. The van der Waals surface area contributed by atoms with Crippen LogP contribution in [0.1, 0.15) is 18.4 Å². The van der Waals surface area contributed by atoms with E-state index in [2.05, 4.69) is 11.4 Å². The van der Waals surface area contributed by atoms with Crippen LogP contribution in [-0.4, -0.2) is 50.9 Å². The number of hydrogen-bond donors (Lipinski definition) is 1. The molecule has 1 heterocycles. The number of para-hydroxylation sites is 1. The second-order valence-corrected chi connectivity index (χ2v) is 5.74. The summed E-state index contributed by atoms with van der Waals surface area (Å²) in [7, 11) is 1.70. The molecule has 5 nitrogen and oxygen atoms in total. The van der Waals surface area contributed by atoms with Crippen LogP contribution in [0.25, 0.3) is 0 Å². The van der Waals surface area contributed by atoms with Crippen molar-refractivity contribution in [1.82, 2.24) is 10.2 Å². The van der Waals surface area contributed by atoms with Crippen molar-refractivity contribution in [3.05, 3.63) is 29.8 Å². The summed E-state index contributed by atoms with van der Waals surface area (Å²) in [5.41, 5.74) is 1.25. The number of nitrogens with zero attached hydrogens (tertiary/aromatic N) is 1. The molecule has 114 valence electrons. The Morgan fingerprint density at radius 1 is 1.33 bits per heavy atom. The third kappa shape index (κ3) is 2.97. The SMILES string of the molecule is COc1ccccc1C1(CNC(=O)N2CCOCC2)CC1. The fraction of sp³-hybridized carbons (Fsp3) is 0.562. The van der Waals surface area contributed by atoms with Crippen LogP contribution in [0.3, 0.4) is 0 Å². The van der Waals surface area contributed by atoms with Crippen LogP contribution in [0, 0.1) is 0 Å². The molecule has 2 aliphatic rings. The second-order valence-electron chi connectivity index (χ2n) is 5.74. The quantitative estimate of drug-likeness (QED) is 0.919. The summed E-state index contributed by atoms with van der Waals surface area (Å²) >= 11 is 0. The average molecular weight is 290 g/mol. The minimum Gasteiger partial charge on any atom is -0.496 e. The minimum absolute atomic E-state index is 0.0134. The van der Waals surface area contributed by atoms with Crippen molar-refractivity contribution < 1.29 is 14.3 Å². The van der Waals surface area contributed by atoms with Gasteiger partial charge in [0.2, 0.25) is 0 Å². The van der Waals surface area contributed by atoms with Crippen LogP contribution in [0.2, 0.25) is 0 Å². The summed E-state index contributed by atoms with van der Waals surface area (Å²) in [6.07, 6.45) is 2.19. The maximum atomic E-state index is 12.2. The Kier molecular flexibility index (Phi) is 4.01. The third-order valence-corrected chi connectivity index (χ3v) is 4.41. The van der Waals surface area contributed by atoms with Crippen molar-refractivity contribution in [1.29, 1.82) is 0 Å². The van der Waals surface area contributed by atoms with E-state index in [9.17, 15) is 4.79 Å². The molecule has 1 saturated carbocycles. The smallest absolute Gasteiger partial charge is 0.317 e. The van der Waals surface area contributed by atoms with Gasteiger partial charge in [0.05, 0.1) is 20.3 Å². The van der Waals surface area contributed by atoms with E-state index in [-0.39, 0.29) is 11.4 Å². The molecule has 1 aliphatic heterocycles. The minimum atomic E-state index is 0.0134. The van der Waals surface area contributed by atoms with Gasteiger partial charge in [0.1, 0.15) is 5.75 Å². The average Bonchev–Trinajstić information content (AvgIpc) is 3.34. The number of ether oxygens (including phenoxy) is 2. The Bertz CT molecular complexity index is 508. The topological polar surface area (TPSA) is 50.8 Å². The number of urea groups is 1. The zero-order valence-electron chi connectivity index (χ0n) is 12.4. The molecule has 3 rings (SSSR count). The van der Waals surface area contributed by atoms with E-state index in [0.717, 1.165) is 18.6 Å². The molecule has 1 aromatic rings. The van der Waals surface area contributed by atoms with Gasteiger partial charge in [0, 0.05) is 30.6 Å². The standard InChI is InChI=1S/C16H22N2O3/c1-20-14-5-3-2-4-13(14)16(6-7-16)12-17-15(19)18-8-10-21-11-9-18/h2-5H,6-12H2,1H3,(H,17,19). The summed E-state index contributed by atoms with van der Waals surface area (Å²) < 4.78 is 10.7. The zero-order chi connectivity index (χ0) is 14.7. The van der Waals surface area contributed by atoms with Crippen LogP contribution in [-0.2, 0) is 10.2 Å². The lowest BCUT2D eigenvalue weighted by Crippen LogP contribution is -2.47. The van der Waals surface area contributed by atoms with Crippen molar-refractivity contribution in [2.75, 3.05) is 40.0 Å². The van der Waals surface area contributed by atoms with Crippen LogP contribution >= 0.6 is 0 Å². The summed E-state index contributed by atoms with van der Waals surface area (Å²) in [5.74, 6) is 0.913. The first kappa shape index (κ1) is 14.2. The van der Waals surface area contributed by atoms with E-state index >= 15 is 0 Å². The highest BCUT2D eigenvalue weighted by Crippen LogP contribution is 2.50. The molecule has 2 amide bonds. The monoisotopic (exact) mass is 290 g/mol. The maximum absolute atomic E-state index is 12.2. The Hall–Kier alpha value is -1.75. The molecule has 2 fully saturated rings. The van der Waals surface area contributed by atoms with E-state index in [1.54, 1.807) is 7.11 Å². The number of rotatable bonds is 4. The number of carbonyl (C=O) groups is 1. The van der Waals surface area contributed by atoms with E-state index in [1.807, 2.05) is 23.1 Å². The number of methoxy groups -OCH3 is 1. The number of nitrogens with one attached hydrogen (secondary N) is 1. The molecule has 0 spiro atoms. The lowest BCUT2D eigenvalue weighted by molar-refractivity contribution is 0.0531. The molecule has 0 aromatic heterocycles. The van der Waals surface area contributed by atoms with Crippen LogP contribution in [0.5, 0.6) is 5.75 Å². The van der Waals surface area contributed by atoms with Gasteiger partial charge in [0.25, 0.3) is 0 Å². The molecule has 5 heteroatoms. The third-order valence-electron chi connectivity index (χ3n) is 4.41. The summed E-state index contributed by atoms with van der Waals surface area (Å²) in [6.45, 7) is 3.28. The first-order chi connectivity index (χ1) is 10.2. The van der Waals surface area contributed by atoms with Gasteiger partial charge in [-0.3, -0.25) is 0 Å². The van der Waals surface area contributed by atoms with Gasteiger partial charge < -0.3 is 19.7 Å². The van der Waals surface area contributed by atoms with E-state index < -0.39 is 0 Å². The van der Waals surface area contributed by atoms with Crippen LogP contribution in [0.4, 0.5) is 4.79 Å². The van der Waals surface area contributed by atoms with Crippen LogP contribution in [0.15, 0.2) is 24.3 Å². The summed E-state index contributed by atoms with van der Waals surface area (Å²) in [6, 6.07) is 8.11. The number of hydrogen-bond acceptors (Lipinski definition) is 3. The van der Waals surface area contributed by atoms with Crippen molar-refractivity contribution >= 4 is 6.03 Å². The molecule has 0 unspecified atom stereocenters. The van der Waals surface area contributed by atoms with Crippen molar-refractivity contribution in [2.24, 2.45) is 0 Å². The predicted octanol–water partition coefficient (Wildman–Crippen LogP) is 1.77. The predicted molar refractivity (Wildman–Crippen MR) is 79.7 cm³/mol. The summed E-state index contributed by atoms with van der Waals surface area (Å²) in [5, 5.41) is 3.08. The molecule has 0 radical (unpaired) electrons. The lowest BCUT2D eigenvalue weighted by Gasteiger charge is -2.28. The van der Waals surface area contributed by atoms with Crippen LogP contribution < -0.4 is 10.1 Å². The highest BCUT2D eigenvalue weighted by Gasteiger charge is 2.46. The van der Waals surface area contributed by atoms with Gasteiger partial charge in [-0.1, -0.05) is 18.2 Å². The first-order valence-corrected chi connectivity index (χ1v) is 7.49. The molecule has 1 N–H and O–H groups in total. The molecule has 1 aliphatic carbocycles. The van der Waals surface area contributed by atoms with E-state index in [4.69, 9.17) is 9.47 Å². The van der Waals surface area contributed by atoms with Gasteiger partial charge >= 0.3 is 6.03 Å². The number of benzene rings is 1. The molecule has 1 aromatic carbocycles. The van der Waals surface area contributed by atoms with Crippen molar-refractivity contribution in [3.63, 3.8) is 0 Å². The molecule has 0 bridgehead atoms. The van der Waals surface area contributed by atoms with E-state index in [1.165, 1.54) is 5.56 Å². The molecular weight excluding hydrogens is 268 g/mol. The summed E-state index contributed by atoms with van der Waals surface area (Å²) in [4.78, 5) is 14.0. The fourth-order valence-electron chi connectivity index (χ4n) is 2.90. The number of carbonyl (C=O) groups excluding carboxylic acids is 1. The largest absolute Gasteiger partial charge is 0.496 e. The Morgan fingerprint density at radius 2 is 2.05 bits per heavy atom. The van der Waals surface area contributed by atoms with Gasteiger partial charge in [-0.2, -0.15) is 0 Å². The molecule has 0 atom stereocenters. The molecular formula is C16H22N2O3. The van der Waals surface area contributed by atoms with Gasteiger partial charge in [-0.15, -0.1) is 0 Å². The zero-order valence-corrected chi connectivity index (χ0v) is 12.4. The number of amides is 2. The first-order valence-electron chi connectivity index (χ1n) is 7.49. The van der Waals surface area contributed by atoms with Gasteiger partial charge in [0.15, 0.2) is 0 Å². The van der Waals surface area contributed by atoms with Gasteiger partial charge in [-0.05, 0) is 18.9 Å².